The van der Waals surface area contributed by atoms with E-state index in [-0.39, 0.29) is 29.4 Å². The zero-order valence-electron chi connectivity index (χ0n) is 14.0. The maximum absolute atomic E-state index is 12.1. The second-order valence-electron chi connectivity index (χ2n) is 5.69. The van der Waals surface area contributed by atoms with Crippen LogP contribution in [0, 0.1) is 5.92 Å². The van der Waals surface area contributed by atoms with Crippen molar-refractivity contribution in [3.63, 3.8) is 0 Å². The third kappa shape index (κ3) is 5.58. The van der Waals surface area contributed by atoms with Crippen molar-refractivity contribution in [2.75, 3.05) is 24.2 Å². The number of benzene rings is 1. The van der Waals surface area contributed by atoms with Crippen LogP contribution < -0.4 is 14.4 Å². The Kier molecular flexibility index (Phi) is 6.70. The van der Waals surface area contributed by atoms with E-state index >= 15 is 0 Å². The lowest BCUT2D eigenvalue weighted by Gasteiger charge is -2.24. The van der Waals surface area contributed by atoms with Gasteiger partial charge >= 0.3 is 0 Å². The van der Waals surface area contributed by atoms with Gasteiger partial charge < -0.3 is 10.1 Å². The van der Waals surface area contributed by atoms with E-state index < -0.39 is 10.0 Å². The third-order valence-electron chi connectivity index (χ3n) is 3.50. The first-order valence-electron chi connectivity index (χ1n) is 7.17. The lowest BCUT2D eigenvalue weighted by atomic mass is 10.1. The molecule has 0 unspecified atom stereocenters. The minimum atomic E-state index is -3.63. The Hall–Kier alpha value is -1.47. The predicted octanol–water partition coefficient (Wildman–Crippen LogP) is 2.28. The predicted molar refractivity (Wildman–Crippen MR) is 92.6 cm³/mol. The molecule has 0 heterocycles. The molecular weight excluding hydrogens is 340 g/mol. The molecule has 0 bridgehead atoms. The van der Waals surface area contributed by atoms with Crippen molar-refractivity contribution in [3.05, 3.63) is 23.2 Å². The van der Waals surface area contributed by atoms with E-state index in [0.717, 1.165) is 10.6 Å². The van der Waals surface area contributed by atoms with Gasteiger partial charge in [0, 0.05) is 6.04 Å². The molecule has 0 spiro atoms. The van der Waals surface area contributed by atoms with Crippen LogP contribution in [0.3, 0.4) is 0 Å². The van der Waals surface area contributed by atoms with Gasteiger partial charge in [-0.3, -0.25) is 9.10 Å². The summed E-state index contributed by atoms with van der Waals surface area (Å²) in [4.78, 5) is 12.1. The van der Waals surface area contributed by atoms with Gasteiger partial charge in [0.15, 0.2) is 0 Å². The molecule has 130 valence electrons. The van der Waals surface area contributed by atoms with Gasteiger partial charge in [0.2, 0.25) is 15.9 Å². The number of hydrogen-bond acceptors (Lipinski definition) is 4. The molecule has 1 aromatic rings. The van der Waals surface area contributed by atoms with E-state index in [2.05, 4.69) is 5.32 Å². The molecule has 0 aliphatic heterocycles. The second kappa shape index (κ2) is 7.88. The summed E-state index contributed by atoms with van der Waals surface area (Å²) in [7, 11) is -2.16. The molecule has 1 rings (SSSR count). The number of rotatable bonds is 7. The van der Waals surface area contributed by atoms with Crippen LogP contribution in [0.4, 0.5) is 5.69 Å². The number of halogens is 1. The Morgan fingerprint density at radius 3 is 2.39 bits per heavy atom. The van der Waals surface area contributed by atoms with E-state index in [1.807, 2.05) is 20.8 Å². The van der Waals surface area contributed by atoms with Gasteiger partial charge in [0.05, 0.1) is 24.1 Å². The Morgan fingerprint density at radius 2 is 1.96 bits per heavy atom. The Bertz CT molecular complexity index is 661. The summed E-state index contributed by atoms with van der Waals surface area (Å²) in [6.07, 6.45) is 1.05. The minimum Gasteiger partial charge on any atom is -0.495 e. The van der Waals surface area contributed by atoms with Crippen molar-refractivity contribution < 1.29 is 17.9 Å². The molecule has 0 radical (unpaired) electrons. The van der Waals surface area contributed by atoms with Crippen molar-refractivity contribution >= 4 is 33.2 Å². The molecule has 1 N–H and O–H groups in total. The van der Waals surface area contributed by atoms with Gasteiger partial charge in [0.1, 0.15) is 12.3 Å². The number of methoxy groups -OCH3 is 1. The van der Waals surface area contributed by atoms with Crippen molar-refractivity contribution in [1.82, 2.24) is 5.32 Å². The van der Waals surface area contributed by atoms with Gasteiger partial charge in [-0.2, -0.15) is 0 Å². The molecule has 1 aromatic carbocycles. The monoisotopic (exact) mass is 362 g/mol. The Labute approximate surface area is 142 Å². The van der Waals surface area contributed by atoms with Crippen LogP contribution in [0.25, 0.3) is 0 Å². The van der Waals surface area contributed by atoms with E-state index in [1.165, 1.54) is 13.2 Å². The van der Waals surface area contributed by atoms with Crippen LogP contribution in [-0.4, -0.2) is 40.3 Å². The highest BCUT2D eigenvalue weighted by molar-refractivity contribution is 7.92. The first-order valence-corrected chi connectivity index (χ1v) is 9.39. The van der Waals surface area contributed by atoms with E-state index in [9.17, 15) is 13.2 Å². The van der Waals surface area contributed by atoms with Crippen LogP contribution in [0.5, 0.6) is 5.75 Å². The Morgan fingerprint density at radius 1 is 1.35 bits per heavy atom. The van der Waals surface area contributed by atoms with Gasteiger partial charge in [-0.05, 0) is 31.0 Å². The number of carbonyl (C=O) groups excluding carboxylic acids is 1. The van der Waals surface area contributed by atoms with Crippen LogP contribution in [0.1, 0.15) is 20.8 Å². The summed E-state index contributed by atoms with van der Waals surface area (Å²) in [6, 6.07) is 4.51. The fourth-order valence-corrected chi connectivity index (χ4v) is 2.91. The molecule has 0 aliphatic carbocycles. The molecule has 23 heavy (non-hydrogen) atoms. The first kappa shape index (κ1) is 19.6. The molecule has 0 aliphatic rings. The summed E-state index contributed by atoms with van der Waals surface area (Å²) in [5.74, 6) is 0.311. The number of nitrogens with one attached hydrogen (secondary N) is 1. The van der Waals surface area contributed by atoms with E-state index in [0.29, 0.717) is 11.4 Å². The summed E-state index contributed by atoms with van der Waals surface area (Å²) in [6.45, 7) is 5.52. The second-order valence-corrected chi connectivity index (χ2v) is 8.00. The summed E-state index contributed by atoms with van der Waals surface area (Å²) >= 11 is 6.04. The zero-order chi connectivity index (χ0) is 17.8. The quantitative estimate of drug-likeness (QED) is 0.807. The zero-order valence-corrected chi connectivity index (χ0v) is 15.5. The fourth-order valence-electron chi connectivity index (χ4n) is 1.81. The molecule has 0 saturated heterocycles. The maximum atomic E-state index is 12.1. The van der Waals surface area contributed by atoms with Gasteiger partial charge in [-0.25, -0.2) is 8.42 Å². The highest BCUT2D eigenvalue weighted by Gasteiger charge is 2.23. The number of hydrogen-bond donors (Lipinski definition) is 1. The Balaban J connectivity index is 3.03. The molecule has 0 saturated carbocycles. The number of amides is 1. The van der Waals surface area contributed by atoms with Crippen molar-refractivity contribution in [3.8, 4) is 5.75 Å². The van der Waals surface area contributed by atoms with Crippen molar-refractivity contribution in [2.24, 2.45) is 5.92 Å². The topological polar surface area (TPSA) is 75.7 Å². The SMILES string of the molecule is COc1ccc(N(CC(=O)N[C@H](C)C(C)C)S(C)(=O)=O)cc1Cl. The molecular formula is C15H23ClN2O4S. The largest absolute Gasteiger partial charge is 0.495 e. The van der Waals surface area contributed by atoms with E-state index in [1.54, 1.807) is 12.1 Å². The normalized spacial score (nSPS) is 12.8. The number of ether oxygens (including phenoxy) is 1. The number of sulfonamides is 1. The smallest absolute Gasteiger partial charge is 0.240 e. The van der Waals surface area contributed by atoms with Gasteiger partial charge in [-0.15, -0.1) is 0 Å². The molecule has 8 heteroatoms. The average Bonchev–Trinajstić information content (AvgIpc) is 2.43. The molecule has 0 fully saturated rings. The standard InChI is InChI=1S/C15H23ClN2O4S/c1-10(2)11(3)17-15(19)9-18(23(5,20)21)12-6-7-14(22-4)13(16)8-12/h6-8,10-11H,9H2,1-5H3,(H,17,19)/t11-/m1/s1. The highest BCUT2D eigenvalue weighted by Crippen LogP contribution is 2.30. The van der Waals surface area contributed by atoms with E-state index in [4.69, 9.17) is 16.3 Å². The number of carbonyl (C=O) groups is 1. The van der Waals surface area contributed by atoms with Crippen LogP contribution in [-0.2, 0) is 14.8 Å². The van der Waals surface area contributed by atoms with Crippen LogP contribution >= 0.6 is 11.6 Å². The lowest BCUT2D eigenvalue weighted by molar-refractivity contribution is -0.120. The lowest BCUT2D eigenvalue weighted by Crippen LogP contribution is -2.44. The summed E-state index contributed by atoms with van der Waals surface area (Å²) < 4.78 is 30.1. The van der Waals surface area contributed by atoms with Crippen LogP contribution in [0.2, 0.25) is 5.02 Å². The molecule has 1 atom stereocenters. The third-order valence-corrected chi connectivity index (χ3v) is 4.94. The van der Waals surface area contributed by atoms with Crippen LogP contribution in [0.15, 0.2) is 18.2 Å². The van der Waals surface area contributed by atoms with Crippen molar-refractivity contribution in [2.45, 2.75) is 26.8 Å². The molecule has 0 aromatic heterocycles. The number of anilines is 1. The maximum Gasteiger partial charge on any atom is 0.240 e. The minimum absolute atomic E-state index is 0.0524. The fraction of sp³-hybridized carbons (Fsp3) is 0.533. The summed E-state index contributed by atoms with van der Waals surface area (Å²) in [5.41, 5.74) is 0.311. The first-order chi connectivity index (χ1) is 10.6. The van der Waals surface area contributed by atoms with Gasteiger partial charge in [-0.1, -0.05) is 25.4 Å². The highest BCUT2D eigenvalue weighted by atomic mass is 35.5. The molecule has 1 amide bonds. The summed E-state index contributed by atoms with van der Waals surface area (Å²) in [5, 5.41) is 3.06. The average molecular weight is 363 g/mol. The molecule has 6 nitrogen and oxygen atoms in total. The number of nitrogens with zero attached hydrogens (tertiary/aromatic N) is 1. The van der Waals surface area contributed by atoms with Gasteiger partial charge in [0.25, 0.3) is 0 Å². The van der Waals surface area contributed by atoms with Crippen molar-refractivity contribution in [1.29, 1.82) is 0 Å².